The lowest BCUT2D eigenvalue weighted by Crippen LogP contribution is -2.41. The minimum absolute atomic E-state index is 0.182. The fourth-order valence-electron chi connectivity index (χ4n) is 3.16. The number of esters is 1. The molecular formula is C19H21ClN2O4. The molecule has 0 unspecified atom stereocenters. The molecule has 2 aromatic rings. The predicted molar refractivity (Wildman–Crippen MR) is 96.9 cm³/mol. The Labute approximate surface area is 157 Å². The van der Waals surface area contributed by atoms with Crippen molar-refractivity contribution >= 4 is 23.5 Å². The van der Waals surface area contributed by atoms with Crippen molar-refractivity contribution in [3.8, 4) is 11.3 Å². The molecule has 1 fully saturated rings. The molecule has 26 heavy (non-hydrogen) atoms. The van der Waals surface area contributed by atoms with Crippen molar-refractivity contribution in [1.29, 1.82) is 0 Å². The first-order valence-corrected chi connectivity index (χ1v) is 9.01. The molecule has 1 aromatic carbocycles. The van der Waals surface area contributed by atoms with Crippen LogP contribution in [0.2, 0.25) is 5.02 Å². The Morgan fingerprint density at radius 3 is 2.88 bits per heavy atom. The first kappa shape index (κ1) is 18.5. The number of rotatable bonds is 4. The number of benzene rings is 1. The largest absolute Gasteiger partial charge is 0.452 e. The van der Waals surface area contributed by atoms with Crippen molar-refractivity contribution in [3.05, 3.63) is 40.6 Å². The molecule has 0 radical (unpaired) electrons. The first-order valence-electron chi connectivity index (χ1n) is 8.63. The Morgan fingerprint density at radius 2 is 2.15 bits per heavy atom. The van der Waals surface area contributed by atoms with Crippen molar-refractivity contribution in [1.82, 2.24) is 10.1 Å². The highest BCUT2D eigenvalue weighted by molar-refractivity contribution is 6.33. The van der Waals surface area contributed by atoms with Crippen molar-refractivity contribution in [2.24, 2.45) is 5.92 Å². The zero-order valence-electron chi connectivity index (χ0n) is 14.8. The second-order valence-electron chi connectivity index (χ2n) is 6.61. The quantitative estimate of drug-likeness (QED) is 0.760. The molecule has 2 heterocycles. The molecule has 1 amide bonds. The first-order chi connectivity index (χ1) is 12.5. The Balaban J connectivity index is 1.72. The summed E-state index contributed by atoms with van der Waals surface area (Å²) >= 11 is 6.19. The molecule has 0 spiro atoms. The fraction of sp³-hybridized carbons (Fsp3) is 0.421. The van der Waals surface area contributed by atoms with Gasteiger partial charge in [0.05, 0.1) is 5.02 Å². The van der Waals surface area contributed by atoms with Crippen LogP contribution in [0.5, 0.6) is 0 Å². The number of likely N-dealkylation sites (tertiary alicyclic amines) is 1. The number of aryl methyl sites for hydroxylation is 1. The fourth-order valence-corrected chi connectivity index (χ4v) is 3.38. The maximum absolute atomic E-state index is 12.5. The monoisotopic (exact) mass is 376 g/mol. The summed E-state index contributed by atoms with van der Waals surface area (Å²) < 4.78 is 10.4. The molecule has 138 valence electrons. The van der Waals surface area contributed by atoms with Crippen LogP contribution in [0.3, 0.4) is 0 Å². The van der Waals surface area contributed by atoms with E-state index >= 15 is 0 Å². The van der Waals surface area contributed by atoms with E-state index in [0.717, 1.165) is 12.8 Å². The molecule has 0 N–H and O–H groups in total. The van der Waals surface area contributed by atoms with Crippen molar-refractivity contribution in [3.63, 3.8) is 0 Å². The summed E-state index contributed by atoms with van der Waals surface area (Å²) in [5, 5.41) is 4.39. The van der Waals surface area contributed by atoms with Gasteiger partial charge in [-0.3, -0.25) is 4.79 Å². The standard InChI is InChI=1S/C19H21ClN2O4/c1-12-6-5-9-22(10-12)16(23)11-25-19(24)17-13(2)26-21-18(17)14-7-3-4-8-15(14)20/h3-4,7-8,12H,5-6,9-11H2,1-2H3/t12-/m0/s1. The Bertz CT molecular complexity index is 818. The maximum atomic E-state index is 12.5. The number of piperidine rings is 1. The summed E-state index contributed by atoms with van der Waals surface area (Å²) in [6.07, 6.45) is 2.09. The van der Waals surface area contributed by atoms with Gasteiger partial charge in [-0.25, -0.2) is 4.79 Å². The maximum Gasteiger partial charge on any atom is 0.344 e. The number of carbonyl (C=O) groups excluding carboxylic acids is 2. The number of nitrogens with zero attached hydrogens (tertiary/aromatic N) is 2. The normalized spacial score (nSPS) is 17.2. The van der Waals surface area contributed by atoms with Gasteiger partial charge in [-0.05, 0) is 31.7 Å². The summed E-state index contributed by atoms with van der Waals surface area (Å²) in [4.78, 5) is 26.6. The van der Waals surface area contributed by atoms with Crippen molar-refractivity contribution in [2.45, 2.75) is 26.7 Å². The molecule has 0 saturated carbocycles. The summed E-state index contributed by atoms with van der Waals surface area (Å²) in [5.74, 6) is -0.0325. The van der Waals surface area contributed by atoms with Crippen LogP contribution in [0.4, 0.5) is 0 Å². The number of hydrogen-bond donors (Lipinski definition) is 0. The average Bonchev–Trinajstić information content (AvgIpc) is 3.01. The molecule has 0 aliphatic carbocycles. The van der Waals surface area contributed by atoms with Gasteiger partial charge in [-0.1, -0.05) is 41.9 Å². The van der Waals surface area contributed by atoms with Gasteiger partial charge in [0.25, 0.3) is 5.91 Å². The zero-order valence-corrected chi connectivity index (χ0v) is 15.6. The van der Waals surface area contributed by atoms with Gasteiger partial charge >= 0.3 is 5.97 Å². The van der Waals surface area contributed by atoms with Crippen LogP contribution in [0.1, 0.15) is 35.9 Å². The third-order valence-electron chi connectivity index (χ3n) is 4.53. The number of amides is 1. The molecule has 1 saturated heterocycles. The van der Waals surface area contributed by atoms with Crippen LogP contribution in [-0.2, 0) is 9.53 Å². The highest BCUT2D eigenvalue weighted by Gasteiger charge is 2.26. The lowest BCUT2D eigenvalue weighted by atomic mass is 10.0. The predicted octanol–water partition coefficient (Wildman–Crippen LogP) is 3.72. The van der Waals surface area contributed by atoms with E-state index in [2.05, 4.69) is 12.1 Å². The molecule has 1 aromatic heterocycles. The van der Waals surface area contributed by atoms with Gasteiger partial charge in [-0.2, -0.15) is 0 Å². The van der Waals surface area contributed by atoms with Crippen LogP contribution < -0.4 is 0 Å². The Hall–Kier alpha value is -2.34. The van der Waals surface area contributed by atoms with E-state index in [1.54, 1.807) is 36.1 Å². The van der Waals surface area contributed by atoms with E-state index in [9.17, 15) is 9.59 Å². The van der Waals surface area contributed by atoms with E-state index in [0.29, 0.717) is 41.0 Å². The SMILES string of the molecule is Cc1onc(-c2ccccc2Cl)c1C(=O)OCC(=O)N1CCC[C@H](C)C1. The molecule has 7 heteroatoms. The molecule has 3 rings (SSSR count). The molecule has 6 nitrogen and oxygen atoms in total. The highest BCUT2D eigenvalue weighted by atomic mass is 35.5. The molecule has 0 bridgehead atoms. The second-order valence-corrected chi connectivity index (χ2v) is 7.01. The minimum Gasteiger partial charge on any atom is -0.452 e. The highest BCUT2D eigenvalue weighted by Crippen LogP contribution is 2.31. The van der Waals surface area contributed by atoms with E-state index in [-0.39, 0.29) is 18.1 Å². The zero-order chi connectivity index (χ0) is 18.7. The Kier molecular flexibility index (Phi) is 5.61. The topological polar surface area (TPSA) is 72.6 Å². The Morgan fingerprint density at radius 1 is 1.38 bits per heavy atom. The van der Waals surface area contributed by atoms with Gasteiger partial charge in [0.1, 0.15) is 17.0 Å². The van der Waals surface area contributed by atoms with E-state index < -0.39 is 5.97 Å². The van der Waals surface area contributed by atoms with Gasteiger partial charge in [-0.15, -0.1) is 0 Å². The van der Waals surface area contributed by atoms with E-state index in [4.69, 9.17) is 20.9 Å². The molecule has 1 aliphatic heterocycles. The number of carbonyl (C=O) groups is 2. The van der Waals surface area contributed by atoms with Crippen LogP contribution in [0.15, 0.2) is 28.8 Å². The summed E-state index contributed by atoms with van der Waals surface area (Å²) in [5.41, 5.74) is 1.09. The summed E-state index contributed by atoms with van der Waals surface area (Å²) in [7, 11) is 0. The lowest BCUT2D eigenvalue weighted by Gasteiger charge is -2.30. The van der Waals surface area contributed by atoms with E-state index in [1.807, 2.05) is 0 Å². The minimum atomic E-state index is -0.642. The summed E-state index contributed by atoms with van der Waals surface area (Å²) in [6, 6.07) is 7.03. The van der Waals surface area contributed by atoms with E-state index in [1.165, 1.54) is 0 Å². The van der Waals surface area contributed by atoms with Crippen molar-refractivity contribution in [2.75, 3.05) is 19.7 Å². The molecule has 1 aliphatic rings. The van der Waals surface area contributed by atoms with Gasteiger partial charge < -0.3 is 14.2 Å². The van der Waals surface area contributed by atoms with Crippen molar-refractivity contribution < 1.29 is 18.8 Å². The smallest absolute Gasteiger partial charge is 0.344 e. The van der Waals surface area contributed by atoms with Gasteiger partial charge in [0.15, 0.2) is 6.61 Å². The van der Waals surface area contributed by atoms with Crippen LogP contribution in [0.25, 0.3) is 11.3 Å². The third kappa shape index (κ3) is 3.90. The van der Waals surface area contributed by atoms with Gasteiger partial charge in [0.2, 0.25) is 0 Å². The number of aromatic nitrogens is 1. The van der Waals surface area contributed by atoms with Gasteiger partial charge in [0, 0.05) is 18.7 Å². The number of ether oxygens (including phenoxy) is 1. The van der Waals surface area contributed by atoms with Crippen LogP contribution in [0, 0.1) is 12.8 Å². The van der Waals surface area contributed by atoms with Crippen LogP contribution in [-0.4, -0.2) is 41.6 Å². The second kappa shape index (κ2) is 7.91. The summed E-state index contributed by atoms with van der Waals surface area (Å²) in [6.45, 7) is 4.85. The number of halogens is 1. The molecular weight excluding hydrogens is 356 g/mol. The molecule has 1 atom stereocenters. The third-order valence-corrected chi connectivity index (χ3v) is 4.86. The number of hydrogen-bond acceptors (Lipinski definition) is 5. The lowest BCUT2D eigenvalue weighted by molar-refractivity contribution is -0.136. The van der Waals surface area contributed by atoms with Crippen LogP contribution >= 0.6 is 11.6 Å². The average molecular weight is 377 g/mol.